The van der Waals surface area contributed by atoms with Crippen LogP contribution in [0.5, 0.6) is 0 Å². The van der Waals surface area contributed by atoms with Crippen LogP contribution in [0.2, 0.25) is 0 Å². The Labute approximate surface area is 246 Å². The van der Waals surface area contributed by atoms with Gasteiger partial charge in [0.1, 0.15) is 0 Å². The van der Waals surface area contributed by atoms with Crippen LogP contribution in [0, 0.1) is 6.92 Å². The van der Waals surface area contributed by atoms with E-state index in [4.69, 9.17) is 0 Å². The lowest BCUT2D eigenvalue weighted by Gasteiger charge is -2.34. The summed E-state index contributed by atoms with van der Waals surface area (Å²) in [7, 11) is 7.56. The topological polar surface area (TPSA) is 73.7 Å². The predicted molar refractivity (Wildman–Crippen MR) is 167 cm³/mol. The van der Waals surface area contributed by atoms with Crippen LogP contribution >= 0.6 is 11.3 Å². The zero-order valence-electron chi connectivity index (χ0n) is 24.6. The molecule has 0 aliphatic carbocycles. The number of hydrogen-bond acceptors (Lipinski definition) is 6. The third kappa shape index (κ3) is 6.36. The van der Waals surface area contributed by atoms with Crippen molar-refractivity contribution in [2.75, 3.05) is 52.2 Å². The number of thiophene rings is 1. The lowest BCUT2D eigenvalue weighted by atomic mass is 9.97. The molecule has 1 atom stereocenters. The van der Waals surface area contributed by atoms with Crippen LogP contribution in [0.1, 0.15) is 44.1 Å². The molecule has 0 bridgehead atoms. The third-order valence-electron chi connectivity index (χ3n) is 7.68. The van der Waals surface area contributed by atoms with Crippen LogP contribution in [0.25, 0.3) is 21.6 Å². The minimum Gasteiger partial charge on any atom is -0.369 e. The van der Waals surface area contributed by atoms with E-state index in [1.165, 1.54) is 11.3 Å². The summed E-state index contributed by atoms with van der Waals surface area (Å²) >= 11 is 1.47. The summed E-state index contributed by atoms with van der Waals surface area (Å²) in [6.07, 6.45) is 3.82. The summed E-state index contributed by atoms with van der Waals surface area (Å²) in [6, 6.07) is 16.1. The highest BCUT2D eigenvalue weighted by molar-refractivity contribution is 7.17. The van der Waals surface area contributed by atoms with Crippen molar-refractivity contribution in [3.8, 4) is 21.6 Å². The number of carbonyl (C=O) groups is 2. The Morgan fingerprint density at radius 3 is 2.37 bits per heavy atom. The highest BCUT2D eigenvalue weighted by Crippen LogP contribution is 2.34. The molecule has 214 valence electrons. The van der Waals surface area contributed by atoms with E-state index in [2.05, 4.69) is 51.5 Å². The van der Waals surface area contributed by atoms with Gasteiger partial charge in [-0.2, -0.15) is 5.10 Å². The fourth-order valence-electron chi connectivity index (χ4n) is 5.08. The number of anilines is 1. The van der Waals surface area contributed by atoms with Crippen molar-refractivity contribution >= 4 is 28.8 Å². The Bertz CT molecular complexity index is 1560. The highest BCUT2D eigenvalue weighted by Gasteiger charge is 2.20. The number of rotatable bonds is 7. The summed E-state index contributed by atoms with van der Waals surface area (Å²) in [6.45, 7) is 7.92. The van der Waals surface area contributed by atoms with Crippen LogP contribution in [0.3, 0.4) is 0 Å². The van der Waals surface area contributed by atoms with E-state index in [0.29, 0.717) is 10.4 Å². The molecule has 9 heteroatoms. The van der Waals surface area contributed by atoms with Gasteiger partial charge in [0.15, 0.2) is 0 Å². The summed E-state index contributed by atoms with van der Waals surface area (Å²) < 4.78 is 1.78. The van der Waals surface area contributed by atoms with Crippen molar-refractivity contribution in [1.82, 2.24) is 24.9 Å². The van der Waals surface area contributed by atoms with Gasteiger partial charge in [-0.3, -0.25) is 14.3 Å². The minimum atomic E-state index is -0.243. The minimum absolute atomic E-state index is 0.0142. The second kappa shape index (κ2) is 11.9. The van der Waals surface area contributed by atoms with Gasteiger partial charge in [-0.05, 0) is 85.6 Å². The first kappa shape index (κ1) is 28.6. The number of amides is 2. The normalized spacial score (nSPS) is 14.6. The number of hydrogen-bond donors (Lipinski definition) is 1. The van der Waals surface area contributed by atoms with E-state index in [0.717, 1.165) is 64.6 Å². The monoisotopic (exact) mass is 570 g/mol. The van der Waals surface area contributed by atoms with Crippen LogP contribution < -0.4 is 10.2 Å². The molecule has 2 aromatic carbocycles. The first-order chi connectivity index (χ1) is 19.6. The van der Waals surface area contributed by atoms with Crippen LogP contribution in [0.4, 0.5) is 5.69 Å². The van der Waals surface area contributed by atoms with Gasteiger partial charge in [-0.25, -0.2) is 0 Å². The van der Waals surface area contributed by atoms with Crippen LogP contribution in [-0.2, 0) is 7.05 Å². The maximum Gasteiger partial charge on any atom is 0.263 e. The largest absolute Gasteiger partial charge is 0.369 e. The Balaban J connectivity index is 1.44. The van der Waals surface area contributed by atoms with Gasteiger partial charge < -0.3 is 20.0 Å². The van der Waals surface area contributed by atoms with Crippen molar-refractivity contribution in [3.05, 3.63) is 82.5 Å². The van der Waals surface area contributed by atoms with Crippen molar-refractivity contribution in [2.24, 2.45) is 7.05 Å². The van der Waals surface area contributed by atoms with Gasteiger partial charge in [-0.15, -0.1) is 11.3 Å². The summed E-state index contributed by atoms with van der Waals surface area (Å²) in [4.78, 5) is 34.1. The molecule has 2 aromatic heterocycles. The quantitative estimate of drug-likeness (QED) is 0.336. The van der Waals surface area contributed by atoms with Crippen LogP contribution in [-0.4, -0.2) is 78.7 Å². The molecule has 0 spiro atoms. The molecule has 5 rings (SSSR count). The molecule has 1 N–H and O–H groups in total. The molecule has 1 saturated heterocycles. The van der Waals surface area contributed by atoms with Gasteiger partial charge in [0, 0.05) is 75.2 Å². The van der Waals surface area contributed by atoms with Crippen LogP contribution in [0.15, 0.2) is 60.9 Å². The zero-order chi connectivity index (χ0) is 29.3. The lowest BCUT2D eigenvalue weighted by Crippen LogP contribution is -2.44. The summed E-state index contributed by atoms with van der Waals surface area (Å²) in [5.74, 6) is -0.103. The van der Waals surface area contributed by atoms with E-state index < -0.39 is 0 Å². The smallest absolute Gasteiger partial charge is 0.263 e. The standard InChI is InChI=1S/C32H38N6O2S/c1-21-7-8-27(38-13-11-36(5)12-14-38)18-28(21)31(39)34-22(2)23-15-24(26-19-33-37(6)20-26)17-25(16-23)29-9-10-30(41-29)32(40)35(3)4/h7-10,15-20,22H,11-14H2,1-6H3,(H,34,39)/t22-/m1/s1. The fraction of sp³-hybridized carbons (Fsp3) is 0.344. The van der Waals surface area contributed by atoms with Crippen molar-refractivity contribution in [2.45, 2.75) is 19.9 Å². The van der Waals surface area contributed by atoms with E-state index in [-0.39, 0.29) is 17.9 Å². The second-order valence-corrected chi connectivity index (χ2v) is 12.2. The third-order valence-corrected chi connectivity index (χ3v) is 8.81. The number of nitrogens with one attached hydrogen (secondary N) is 1. The molecule has 0 saturated carbocycles. The average molecular weight is 571 g/mol. The molecular formula is C32H38N6O2S. The number of carbonyl (C=O) groups excluding carboxylic acids is 2. The van der Waals surface area contributed by atoms with Crippen molar-refractivity contribution in [1.29, 1.82) is 0 Å². The number of likely N-dealkylation sites (N-methyl/N-ethyl adjacent to an activating group) is 1. The Kier molecular flexibility index (Phi) is 8.28. The maximum atomic E-state index is 13.6. The molecule has 1 fully saturated rings. The zero-order valence-corrected chi connectivity index (χ0v) is 25.5. The number of aryl methyl sites for hydroxylation is 2. The molecule has 1 aliphatic rings. The maximum absolute atomic E-state index is 13.6. The summed E-state index contributed by atoms with van der Waals surface area (Å²) in [5, 5.41) is 7.61. The Morgan fingerprint density at radius 2 is 1.68 bits per heavy atom. The average Bonchev–Trinajstić information content (AvgIpc) is 3.63. The number of nitrogens with zero attached hydrogens (tertiary/aromatic N) is 5. The van der Waals surface area contributed by atoms with E-state index >= 15 is 0 Å². The van der Waals surface area contributed by atoms with Gasteiger partial charge in [0.25, 0.3) is 11.8 Å². The molecule has 2 amide bonds. The Morgan fingerprint density at radius 1 is 0.951 bits per heavy atom. The summed E-state index contributed by atoms with van der Waals surface area (Å²) in [5.41, 5.74) is 6.72. The molecule has 3 heterocycles. The van der Waals surface area contributed by atoms with Gasteiger partial charge >= 0.3 is 0 Å². The van der Waals surface area contributed by atoms with Gasteiger partial charge in [0.05, 0.1) is 17.1 Å². The Hall–Kier alpha value is -3.95. The molecule has 4 aromatic rings. The van der Waals surface area contributed by atoms with Gasteiger partial charge in [-0.1, -0.05) is 6.07 Å². The van der Waals surface area contributed by atoms with E-state index in [1.54, 1.807) is 23.7 Å². The molecule has 41 heavy (non-hydrogen) atoms. The lowest BCUT2D eigenvalue weighted by molar-refractivity contribution is 0.0831. The molecule has 0 radical (unpaired) electrons. The number of piperazine rings is 1. The molecular weight excluding hydrogens is 532 g/mol. The van der Waals surface area contributed by atoms with Crippen molar-refractivity contribution < 1.29 is 9.59 Å². The second-order valence-electron chi connectivity index (χ2n) is 11.1. The first-order valence-corrected chi connectivity index (χ1v) is 14.7. The van der Waals surface area contributed by atoms with Crippen molar-refractivity contribution in [3.63, 3.8) is 0 Å². The van der Waals surface area contributed by atoms with E-state index in [9.17, 15) is 9.59 Å². The molecule has 0 unspecified atom stereocenters. The number of benzene rings is 2. The van der Waals surface area contributed by atoms with Gasteiger partial charge in [0.2, 0.25) is 0 Å². The van der Waals surface area contributed by atoms with E-state index in [1.807, 2.05) is 57.6 Å². The SMILES string of the molecule is Cc1ccc(N2CCN(C)CC2)cc1C(=O)N[C@H](C)c1cc(-c2cnn(C)c2)cc(-c2ccc(C(=O)N(C)C)s2)c1. The number of aromatic nitrogens is 2. The highest BCUT2D eigenvalue weighted by atomic mass is 32.1. The fourth-order valence-corrected chi connectivity index (χ4v) is 6.10. The first-order valence-electron chi connectivity index (χ1n) is 13.9. The predicted octanol–water partition coefficient (Wildman–Crippen LogP) is 5.07. The molecule has 1 aliphatic heterocycles. The molecule has 8 nitrogen and oxygen atoms in total.